The van der Waals surface area contributed by atoms with Crippen LogP contribution in [-0.4, -0.2) is 33.5 Å². The standard InChI is InChI=1S/C19H20N4OS/c1-3-15-9-7-8-12-17(15)23-14-20-21-19(23)25-13-18(24)22(2)16-10-5-4-6-11-16/h4-12,14H,3,13H2,1-2H3. The molecule has 0 aliphatic rings. The molecule has 6 heteroatoms. The van der Waals surface area contributed by atoms with Crippen LogP contribution in [0.3, 0.4) is 0 Å². The molecule has 0 unspecified atom stereocenters. The summed E-state index contributed by atoms with van der Waals surface area (Å²) in [5.74, 6) is 0.327. The van der Waals surface area contributed by atoms with Crippen molar-refractivity contribution in [1.29, 1.82) is 0 Å². The Kier molecular flexibility index (Phi) is 5.50. The third kappa shape index (κ3) is 3.91. The lowest BCUT2D eigenvalue weighted by molar-refractivity contribution is -0.115. The Morgan fingerprint density at radius 3 is 2.60 bits per heavy atom. The normalized spacial score (nSPS) is 10.6. The molecule has 5 nitrogen and oxygen atoms in total. The average Bonchev–Trinajstić information content (AvgIpc) is 3.14. The van der Waals surface area contributed by atoms with Crippen molar-refractivity contribution in [2.24, 2.45) is 0 Å². The first-order valence-electron chi connectivity index (χ1n) is 8.13. The van der Waals surface area contributed by atoms with Crippen LogP contribution in [0.2, 0.25) is 0 Å². The second kappa shape index (κ2) is 7.98. The van der Waals surface area contributed by atoms with E-state index < -0.39 is 0 Å². The number of nitrogens with zero attached hydrogens (tertiary/aromatic N) is 4. The van der Waals surface area contributed by atoms with Gasteiger partial charge in [-0.05, 0) is 30.2 Å². The Morgan fingerprint density at radius 1 is 1.12 bits per heavy atom. The molecule has 3 rings (SSSR count). The molecule has 128 valence electrons. The van der Waals surface area contributed by atoms with Crippen molar-refractivity contribution < 1.29 is 4.79 Å². The van der Waals surface area contributed by atoms with Gasteiger partial charge in [0, 0.05) is 12.7 Å². The maximum atomic E-state index is 12.5. The van der Waals surface area contributed by atoms with E-state index in [9.17, 15) is 4.79 Å². The summed E-state index contributed by atoms with van der Waals surface area (Å²) in [5.41, 5.74) is 3.16. The van der Waals surface area contributed by atoms with Crippen molar-refractivity contribution in [1.82, 2.24) is 14.8 Å². The van der Waals surface area contributed by atoms with E-state index >= 15 is 0 Å². The fraction of sp³-hybridized carbons (Fsp3) is 0.211. The summed E-state index contributed by atoms with van der Waals surface area (Å²) >= 11 is 1.40. The highest BCUT2D eigenvalue weighted by Gasteiger charge is 2.15. The van der Waals surface area contributed by atoms with Gasteiger partial charge in [0.05, 0.1) is 11.4 Å². The first kappa shape index (κ1) is 17.2. The molecule has 0 saturated carbocycles. The van der Waals surface area contributed by atoms with Gasteiger partial charge in [-0.1, -0.05) is 55.1 Å². The molecule has 3 aromatic rings. The summed E-state index contributed by atoms with van der Waals surface area (Å²) in [4.78, 5) is 14.1. The quantitative estimate of drug-likeness (QED) is 0.636. The smallest absolute Gasteiger partial charge is 0.237 e. The highest BCUT2D eigenvalue weighted by atomic mass is 32.2. The molecule has 2 aromatic carbocycles. The molecular formula is C19H20N4OS. The third-order valence-electron chi connectivity index (χ3n) is 3.99. The summed E-state index contributed by atoms with van der Waals surface area (Å²) in [5, 5.41) is 8.92. The monoisotopic (exact) mass is 352 g/mol. The largest absolute Gasteiger partial charge is 0.315 e. The van der Waals surface area contributed by atoms with Crippen LogP contribution < -0.4 is 4.90 Å². The molecule has 0 radical (unpaired) electrons. The van der Waals surface area contributed by atoms with Gasteiger partial charge < -0.3 is 4.90 Å². The minimum atomic E-state index is 0.0227. The van der Waals surface area contributed by atoms with Crippen molar-refractivity contribution >= 4 is 23.4 Å². The third-order valence-corrected chi connectivity index (χ3v) is 4.92. The van der Waals surface area contributed by atoms with E-state index in [1.807, 2.05) is 53.1 Å². The number of thioether (sulfide) groups is 1. The molecule has 0 aliphatic carbocycles. The highest BCUT2D eigenvalue weighted by molar-refractivity contribution is 7.99. The lowest BCUT2D eigenvalue weighted by atomic mass is 10.1. The molecular weight excluding hydrogens is 332 g/mol. The number of carbonyl (C=O) groups is 1. The van der Waals surface area contributed by atoms with Crippen LogP contribution in [0.25, 0.3) is 5.69 Å². The van der Waals surface area contributed by atoms with Gasteiger partial charge in [0.25, 0.3) is 0 Å². The topological polar surface area (TPSA) is 51.0 Å². The van der Waals surface area contributed by atoms with Crippen LogP contribution in [0.1, 0.15) is 12.5 Å². The zero-order valence-corrected chi connectivity index (χ0v) is 15.1. The number of anilines is 1. The molecule has 0 bridgehead atoms. The fourth-order valence-electron chi connectivity index (χ4n) is 2.55. The molecule has 1 heterocycles. The SMILES string of the molecule is CCc1ccccc1-n1cnnc1SCC(=O)N(C)c1ccccc1. The number of amides is 1. The number of para-hydroxylation sites is 2. The van der Waals surface area contributed by atoms with Gasteiger partial charge in [0.15, 0.2) is 5.16 Å². The van der Waals surface area contributed by atoms with E-state index in [-0.39, 0.29) is 5.91 Å². The molecule has 0 saturated heterocycles. The second-order valence-electron chi connectivity index (χ2n) is 5.54. The number of carbonyl (C=O) groups excluding carboxylic acids is 1. The van der Waals surface area contributed by atoms with Crippen LogP contribution in [0.4, 0.5) is 5.69 Å². The molecule has 0 spiro atoms. The maximum Gasteiger partial charge on any atom is 0.237 e. The number of aromatic nitrogens is 3. The predicted molar refractivity (Wildman–Crippen MR) is 101 cm³/mol. The van der Waals surface area contributed by atoms with Gasteiger partial charge in [-0.15, -0.1) is 10.2 Å². The summed E-state index contributed by atoms with van der Waals surface area (Å²) in [6.45, 7) is 2.12. The lowest BCUT2D eigenvalue weighted by Crippen LogP contribution is -2.27. The number of hydrogen-bond acceptors (Lipinski definition) is 4. The first-order valence-corrected chi connectivity index (χ1v) is 9.12. The predicted octanol–water partition coefficient (Wildman–Crippen LogP) is 3.58. The Labute approximate surface area is 151 Å². The minimum absolute atomic E-state index is 0.0227. The Hall–Kier alpha value is -2.60. The summed E-state index contributed by atoms with van der Waals surface area (Å²) in [6.07, 6.45) is 2.62. The lowest BCUT2D eigenvalue weighted by Gasteiger charge is -2.17. The Bertz CT molecular complexity index is 847. The molecule has 1 aromatic heterocycles. The zero-order valence-electron chi connectivity index (χ0n) is 14.3. The molecule has 0 fully saturated rings. The Balaban J connectivity index is 1.73. The van der Waals surface area contributed by atoms with Crippen LogP contribution in [0.15, 0.2) is 66.1 Å². The number of hydrogen-bond donors (Lipinski definition) is 0. The van der Waals surface area contributed by atoms with Crippen molar-refractivity contribution in [3.05, 3.63) is 66.5 Å². The van der Waals surface area contributed by atoms with Gasteiger partial charge in [-0.2, -0.15) is 0 Å². The van der Waals surface area contributed by atoms with Gasteiger partial charge in [0.1, 0.15) is 6.33 Å². The van der Waals surface area contributed by atoms with Crippen LogP contribution in [0, 0.1) is 0 Å². The number of aryl methyl sites for hydroxylation is 1. The highest BCUT2D eigenvalue weighted by Crippen LogP contribution is 2.23. The maximum absolute atomic E-state index is 12.5. The molecule has 0 atom stereocenters. The van der Waals surface area contributed by atoms with E-state index in [4.69, 9.17) is 0 Å². The van der Waals surface area contributed by atoms with E-state index in [2.05, 4.69) is 23.2 Å². The molecule has 0 aliphatic heterocycles. The van der Waals surface area contributed by atoms with Crippen LogP contribution in [0.5, 0.6) is 0 Å². The number of rotatable bonds is 6. The number of benzene rings is 2. The van der Waals surface area contributed by atoms with Gasteiger partial charge in [-0.3, -0.25) is 9.36 Å². The molecule has 1 amide bonds. The van der Waals surface area contributed by atoms with Crippen molar-refractivity contribution in [2.75, 3.05) is 17.7 Å². The van der Waals surface area contributed by atoms with E-state index in [1.165, 1.54) is 17.3 Å². The second-order valence-corrected chi connectivity index (χ2v) is 6.49. The van der Waals surface area contributed by atoms with Gasteiger partial charge in [0.2, 0.25) is 5.91 Å². The summed E-state index contributed by atoms with van der Waals surface area (Å²) in [6, 6.07) is 17.8. The van der Waals surface area contributed by atoms with Gasteiger partial charge >= 0.3 is 0 Å². The summed E-state index contributed by atoms with van der Waals surface area (Å²) < 4.78 is 1.94. The van der Waals surface area contributed by atoms with E-state index in [0.29, 0.717) is 5.75 Å². The first-order chi connectivity index (χ1) is 12.2. The zero-order chi connectivity index (χ0) is 17.6. The molecule has 25 heavy (non-hydrogen) atoms. The van der Waals surface area contributed by atoms with Gasteiger partial charge in [-0.25, -0.2) is 0 Å². The van der Waals surface area contributed by atoms with Crippen LogP contribution in [-0.2, 0) is 11.2 Å². The average molecular weight is 352 g/mol. The van der Waals surface area contributed by atoms with E-state index in [1.54, 1.807) is 18.3 Å². The van der Waals surface area contributed by atoms with E-state index in [0.717, 1.165) is 23.0 Å². The van der Waals surface area contributed by atoms with Crippen molar-refractivity contribution in [3.63, 3.8) is 0 Å². The minimum Gasteiger partial charge on any atom is -0.315 e. The fourth-order valence-corrected chi connectivity index (χ4v) is 3.39. The molecule has 0 N–H and O–H groups in total. The summed E-state index contributed by atoms with van der Waals surface area (Å²) in [7, 11) is 1.79. The Morgan fingerprint density at radius 2 is 1.84 bits per heavy atom. The van der Waals surface area contributed by atoms with Crippen molar-refractivity contribution in [3.8, 4) is 5.69 Å². The van der Waals surface area contributed by atoms with Crippen molar-refractivity contribution in [2.45, 2.75) is 18.5 Å². The van der Waals surface area contributed by atoms with Crippen LogP contribution >= 0.6 is 11.8 Å².